The summed E-state index contributed by atoms with van der Waals surface area (Å²) in [6.45, 7) is 0. The zero-order valence-corrected chi connectivity index (χ0v) is 7.82. The Morgan fingerprint density at radius 3 is 2.87 bits per heavy atom. The van der Waals surface area contributed by atoms with E-state index in [2.05, 4.69) is 5.10 Å². The topological polar surface area (TPSA) is 118 Å². The molecule has 2 N–H and O–H groups in total. The fourth-order valence-corrected chi connectivity index (χ4v) is 1.22. The number of carboxylic acids is 1. The lowest BCUT2D eigenvalue weighted by atomic mass is 10.1. The number of rotatable bonds is 4. The van der Waals surface area contributed by atoms with Crippen LogP contribution >= 0.6 is 0 Å². The lowest BCUT2D eigenvalue weighted by Gasteiger charge is -2.07. The molecule has 8 nitrogen and oxygen atoms in total. The molecule has 0 saturated carbocycles. The van der Waals surface area contributed by atoms with Gasteiger partial charge in [0.1, 0.15) is 18.0 Å². The van der Waals surface area contributed by atoms with Crippen LogP contribution in [0.2, 0.25) is 0 Å². The van der Waals surface area contributed by atoms with Gasteiger partial charge in [0.05, 0.1) is 11.3 Å². The number of aryl methyl sites for hydroxylation is 1. The van der Waals surface area contributed by atoms with E-state index in [0.29, 0.717) is 0 Å². The Labute approximate surface area is 83.9 Å². The van der Waals surface area contributed by atoms with E-state index in [1.54, 1.807) is 0 Å². The van der Waals surface area contributed by atoms with Crippen molar-refractivity contribution in [1.82, 2.24) is 9.78 Å². The Hall–Kier alpha value is -1.96. The van der Waals surface area contributed by atoms with Crippen LogP contribution in [0.25, 0.3) is 0 Å². The highest BCUT2D eigenvalue weighted by Gasteiger charge is 2.26. The molecule has 0 amide bonds. The van der Waals surface area contributed by atoms with Crippen molar-refractivity contribution in [2.45, 2.75) is 12.5 Å². The SMILES string of the molecule is Cn1ncc([N+](=O)[O-])c1[C@H](O)CC(=O)O. The van der Waals surface area contributed by atoms with Crippen molar-refractivity contribution in [1.29, 1.82) is 0 Å². The van der Waals surface area contributed by atoms with Crippen LogP contribution in [0.4, 0.5) is 5.69 Å². The average molecular weight is 215 g/mol. The maximum atomic E-state index is 10.5. The number of nitro groups is 1. The maximum Gasteiger partial charge on any atom is 0.312 e. The number of hydrogen-bond donors (Lipinski definition) is 2. The second kappa shape index (κ2) is 4.05. The molecule has 1 heterocycles. The highest BCUT2D eigenvalue weighted by atomic mass is 16.6. The smallest absolute Gasteiger partial charge is 0.312 e. The highest BCUT2D eigenvalue weighted by molar-refractivity contribution is 5.67. The van der Waals surface area contributed by atoms with Crippen LogP contribution in [0, 0.1) is 10.1 Å². The molecule has 0 spiro atoms. The average Bonchev–Trinajstić information content (AvgIpc) is 2.45. The van der Waals surface area contributed by atoms with Crippen molar-refractivity contribution < 1.29 is 19.9 Å². The summed E-state index contributed by atoms with van der Waals surface area (Å²) in [5, 5.41) is 32.0. The number of nitrogens with zero attached hydrogens (tertiary/aromatic N) is 3. The molecule has 0 aliphatic heterocycles. The lowest BCUT2D eigenvalue weighted by Crippen LogP contribution is -2.11. The predicted molar refractivity (Wildman–Crippen MR) is 47.1 cm³/mol. The van der Waals surface area contributed by atoms with E-state index in [-0.39, 0.29) is 11.4 Å². The molecular formula is C7H9N3O5. The quantitative estimate of drug-likeness (QED) is 0.532. The summed E-state index contributed by atoms with van der Waals surface area (Å²) in [5.74, 6) is -1.24. The van der Waals surface area contributed by atoms with Gasteiger partial charge in [-0.1, -0.05) is 0 Å². The van der Waals surface area contributed by atoms with Crippen molar-refractivity contribution in [2.75, 3.05) is 0 Å². The molecule has 82 valence electrons. The molecule has 1 aromatic rings. The van der Waals surface area contributed by atoms with E-state index >= 15 is 0 Å². The second-order valence-electron chi connectivity index (χ2n) is 2.91. The van der Waals surface area contributed by atoms with Gasteiger partial charge in [-0.15, -0.1) is 0 Å². The molecule has 0 aliphatic carbocycles. The largest absolute Gasteiger partial charge is 0.481 e. The number of aliphatic carboxylic acids is 1. The van der Waals surface area contributed by atoms with Gasteiger partial charge in [0, 0.05) is 7.05 Å². The zero-order valence-electron chi connectivity index (χ0n) is 7.82. The lowest BCUT2D eigenvalue weighted by molar-refractivity contribution is -0.386. The molecule has 8 heteroatoms. The molecule has 1 rings (SSSR count). The van der Waals surface area contributed by atoms with E-state index in [9.17, 15) is 20.0 Å². The fraction of sp³-hybridized carbons (Fsp3) is 0.429. The Morgan fingerprint density at radius 1 is 1.80 bits per heavy atom. The third kappa shape index (κ3) is 2.29. The molecule has 0 saturated heterocycles. The van der Waals surface area contributed by atoms with E-state index in [1.165, 1.54) is 7.05 Å². The van der Waals surface area contributed by atoms with Gasteiger partial charge in [0.25, 0.3) is 0 Å². The number of carboxylic acid groups (broad SMARTS) is 1. The summed E-state index contributed by atoms with van der Waals surface area (Å²) in [6.07, 6.45) is -1.06. The Kier molecular flexibility index (Phi) is 3.00. The van der Waals surface area contributed by atoms with Crippen molar-refractivity contribution >= 4 is 11.7 Å². The minimum Gasteiger partial charge on any atom is -0.481 e. The van der Waals surface area contributed by atoms with Gasteiger partial charge in [-0.25, -0.2) is 0 Å². The van der Waals surface area contributed by atoms with E-state index in [4.69, 9.17) is 5.11 Å². The molecular weight excluding hydrogens is 206 g/mol. The first-order valence-corrected chi connectivity index (χ1v) is 3.99. The summed E-state index contributed by atoms with van der Waals surface area (Å²) in [7, 11) is 1.40. The van der Waals surface area contributed by atoms with Gasteiger partial charge < -0.3 is 10.2 Å². The van der Waals surface area contributed by atoms with E-state index in [1.807, 2.05) is 0 Å². The first-order valence-electron chi connectivity index (χ1n) is 3.99. The molecule has 0 unspecified atom stereocenters. The Balaban J connectivity index is 3.05. The predicted octanol–water partition coefficient (Wildman–Crippen LogP) is -0.164. The number of carbonyl (C=O) groups is 1. The molecule has 1 atom stereocenters. The minimum absolute atomic E-state index is 0.109. The summed E-state index contributed by atoms with van der Waals surface area (Å²) in [6, 6.07) is 0. The normalized spacial score (nSPS) is 12.4. The molecule has 0 bridgehead atoms. The monoisotopic (exact) mass is 215 g/mol. The van der Waals surface area contributed by atoms with Gasteiger partial charge in [-0.2, -0.15) is 5.10 Å². The van der Waals surface area contributed by atoms with Gasteiger partial charge >= 0.3 is 11.7 Å². The first kappa shape index (κ1) is 11.1. The van der Waals surface area contributed by atoms with Crippen LogP contribution in [0.15, 0.2) is 6.20 Å². The number of hydrogen-bond acceptors (Lipinski definition) is 5. The van der Waals surface area contributed by atoms with Crippen molar-refractivity contribution in [3.63, 3.8) is 0 Å². The Morgan fingerprint density at radius 2 is 2.40 bits per heavy atom. The van der Waals surface area contributed by atoms with Gasteiger partial charge in [0.2, 0.25) is 0 Å². The van der Waals surface area contributed by atoms with Crippen LogP contribution < -0.4 is 0 Å². The molecule has 15 heavy (non-hydrogen) atoms. The molecule has 1 aromatic heterocycles. The summed E-state index contributed by atoms with van der Waals surface area (Å²) in [4.78, 5) is 20.1. The summed E-state index contributed by atoms with van der Waals surface area (Å²) < 4.78 is 1.09. The minimum atomic E-state index is -1.43. The standard InChI is InChI=1S/C7H9N3O5/c1-9-7(5(11)2-6(12)13)4(3-8-9)10(14)15/h3,5,11H,2H2,1H3,(H,12,13)/t5-/m1/s1. The van der Waals surface area contributed by atoms with Crippen LogP contribution in [0.5, 0.6) is 0 Å². The van der Waals surface area contributed by atoms with Crippen molar-refractivity contribution in [3.05, 3.63) is 22.0 Å². The summed E-state index contributed by atoms with van der Waals surface area (Å²) >= 11 is 0. The third-order valence-corrected chi connectivity index (χ3v) is 1.84. The third-order valence-electron chi connectivity index (χ3n) is 1.84. The van der Waals surface area contributed by atoms with Crippen molar-refractivity contribution in [3.8, 4) is 0 Å². The van der Waals surface area contributed by atoms with Crippen LogP contribution in [-0.2, 0) is 11.8 Å². The highest BCUT2D eigenvalue weighted by Crippen LogP contribution is 2.25. The number of aliphatic hydroxyl groups excluding tert-OH is 1. The zero-order chi connectivity index (χ0) is 11.6. The Bertz CT molecular complexity index is 399. The van der Waals surface area contributed by atoms with Crippen LogP contribution in [-0.4, -0.2) is 30.9 Å². The van der Waals surface area contributed by atoms with Gasteiger partial charge in [-0.05, 0) is 0 Å². The number of aliphatic hydroxyl groups is 1. The van der Waals surface area contributed by atoms with Crippen LogP contribution in [0.3, 0.4) is 0 Å². The van der Waals surface area contributed by atoms with Crippen molar-refractivity contribution in [2.24, 2.45) is 7.05 Å². The molecule has 0 fully saturated rings. The summed E-state index contributed by atoms with van der Waals surface area (Å²) in [5.41, 5.74) is -0.492. The van der Waals surface area contributed by atoms with Gasteiger partial charge in [-0.3, -0.25) is 19.6 Å². The fourth-order valence-electron chi connectivity index (χ4n) is 1.22. The van der Waals surface area contributed by atoms with Crippen LogP contribution in [0.1, 0.15) is 18.2 Å². The molecule has 0 aromatic carbocycles. The first-order chi connectivity index (χ1) is 6.93. The van der Waals surface area contributed by atoms with E-state index in [0.717, 1.165) is 10.9 Å². The van der Waals surface area contributed by atoms with E-state index < -0.39 is 23.4 Å². The second-order valence-corrected chi connectivity index (χ2v) is 2.91. The molecule has 0 aliphatic rings. The maximum absolute atomic E-state index is 10.5. The molecule has 0 radical (unpaired) electrons. The van der Waals surface area contributed by atoms with Gasteiger partial charge in [0.15, 0.2) is 0 Å². The number of aromatic nitrogens is 2.